The van der Waals surface area contributed by atoms with Crippen molar-refractivity contribution in [3.8, 4) is 0 Å². The zero-order valence-electron chi connectivity index (χ0n) is 50.6. The maximum absolute atomic E-state index is 12.6. The molecule has 6 nitrogen and oxygen atoms in total. The normalized spacial score (nSPS) is 13.7. The van der Waals surface area contributed by atoms with Crippen molar-refractivity contribution < 1.29 is 25.2 Å². The number of unbranched alkanes of at least 4 members (excludes halogenated alkanes) is 48. The summed E-state index contributed by atoms with van der Waals surface area (Å²) in [6.45, 7) is 4.09. The summed E-state index contributed by atoms with van der Waals surface area (Å²) in [7, 11) is 0. The second-order valence-corrected chi connectivity index (χ2v) is 23.5. The average Bonchev–Trinajstić information content (AvgIpc) is 3.42. The van der Waals surface area contributed by atoms with Gasteiger partial charge >= 0.3 is 0 Å². The second-order valence-electron chi connectivity index (χ2n) is 23.5. The summed E-state index contributed by atoms with van der Waals surface area (Å²) in [5.74, 6) is -0.592. The Morgan fingerprint density at radius 1 is 0.320 bits per heavy atom. The summed E-state index contributed by atoms with van der Waals surface area (Å²) in [5, 5.41) is 44.1. The van der Waals surface area contributed by atoms with Crippen LogP contribution in [-0.2, 0) is 4.79 Å². The molecule has 4 atom stereocenters. The Morgan fingerprint density at radius 2 is 0.560 bits per heavy atom. The molecule has 0 saturated carbocycles. The van der Waals surface area contributed by atoms with Gasteiger partial charge in [0.25, 0.3) is 0 Å². The van der Waals surface area contributed by atoms with E-state index >= 15 is 0 Å². The number of nitrogens with one attached hydrogen (secondary N) is 1. The van der Waals surface area contributed by atoms with E-state index in [4.69, 9.17) is 0 Å². The van der Waals surface area contributed by atoms with Gasteiger partial charge in [-0.1, -0.05) is 326 Å². The lowest BCUT2D eigenvalue weighted by Crippen LogP contribution is -2.53. The topological polar surface area (TPSA) is 110 Å². The van der Waals surface area contributed by atoms with Crippen LogP contribution in [0.25, 0.3) is 0 Å². The number of aliphatic hydroxyl groups is 4. The standard InChI is InChI=1S/C69H133NO5/c1-3-5-7-9-11-13-15-17-19-21-23-25-27-29-31-33-35-36-38-40-42-44-46-48-50-52-54-56-58-60-62-66(72)68(74)65(64-71)70-69(75)67(73)63-61-59-57-55-53-51-49-47-45-43-41-39-37-34-32-30-28-26-24-22-20-18-16-14-12-10-8-6-4-2/h30,32,46,48,54,56,65-68,71-74H,3-29,31,33-45,47,49-53,55,57-64H2,1-2H3,(H,70,75)/b32-30-,48-46+,56-54+. The van der Waals surface area contributed by atoms with E-state index in [1.54, 1.807) is 0 Å². The Hall–Kier alpha value is -1.47. The minimum absolute atomic E-state index is 0.361. The van der Waals surface area contributed by atoms with Crippen LogP contribution in [0.3, 0.4) is 0 Å². The van der Waals surface area contributed by atoms with Crippen LogP contribution in [0.4, 0.5) is 0 Å². The van der Waals surface area contributed by atoms with E-state index in [-0.39, 0.29) is 0 Å². The van der Waals surface area contributed by atoms with E-state index in [1.807, 2.05) is 0 Å². The summed E-state index contributed by atoms with van der Waals surface area (Å²) < 4.78 is 0. The molecule has 0 aromatic rings. The van der Waals surface area contributed by atoms with Crippen molar-refractivity contribution in [1.29, 1.82) is 0 Å². The van der Waals surface area contributed by atoms with Crippen molar-refractivity contribution >= 4 is 5.91 Å². The fourth-order valence-corrected chi connectivity index (χ4v) is 10.8. The maximum Gasteiger partial charge on any atom is 0.249 e. The summed E-state index contributed by atoms with van der Waals surface area (Å²) in [6, 6.07) is -1.01. The van der Waals surface area contributed by atoms with Crippen molar-refractivity contribution in [2.45, 2.75) is 391 Å². The predicted octanol–water partition coefficient (Wildman–Crippen LogP) is 20.7. The van der Waals surface area contributed by atoms with Gasteiger partial charge in [0.2, 0.25) is 5.91 Å². The molecule has 0 saturated heterocycles. The molecule has 0 aromatic carbocycles. The van der Waals surface area contributed by atoms with Gasteiger partial charge < -0.3 is 25.7 Å². The largest absolute Gasteiger partial charge is 0.394 e. The lowest BCUT2D eigenvalue weighted by molar-refractivity contribution is -0.132. The maximum atomic E-state index is 12.6. The summed E-state index contributed by atoms with van der Waals surface area (Å²) in [6.07, 6.45) is 81.2. The molecule has 0 aliphatic heterocycles. The lowest BCUT2D eigenvalue weighted by Gasteiger charge is -2.27. The van der Waals surface area contributed by atoms with Gasteiger partial charge in [-0.25, -0.2) is 0 Å². The van der Waals surface area contributed by atoms with E-state index in [0.29, 0.717) is 19.3 Å². The van der Waals surface area contributed by atoms with E-state index in [9.17, 15) is 25.2 Å². The van der Waals surface area contributed by atoms with E-state index in [2.05, 4.69) is 55.6 Å². The van der Waals surface area contributed by atoms with Gasteiger partial charge in [-0.15, -0.1) is 0 Å². The number of allylic oxidation sites excluding steroid dienone is 6. The average molecular weight is 1060 g/mol. The first-order valence-corrected chi connectivity index (χ1v) is 33.9. The molecule has 0 aromatic heterocycles. The summed E-state index contributed by atoms with van der Waals surface area (Å²) >= 11 is 0. The molecule has 444 valence electrons. The van der Waals surface area contributed by atoms with Crippen LogP contribution < -0.4 is 5.32 Å². The van der Waals surface area contributed by atoms with Crippen LogP contribution in [0.15, 0.2) is 36.5 Å². The van der Waals surface area contributed by atoms with Crippen LogP contribution in [0, 0.1) is 0 Å². The SMILES string of the molecule is CCCCCCCCCCCCCC/C=C\CCCCCCCCCCCCCCCC(O)C(=O)NC(CO)C(O)C(O)CCC/C=C/CC/C=C/CCCCCCCCCCCCCCCCCCCCCCC. The van der Waals surface area contributed by atoms with Gasteiger partial charge in [-0.3, -0.25) is 4.79 Å². The highest BCUT2D eigenvalue weighted by atomic mass is 16.3. The predicted molar refractivity (Wildman–Crippen MR) is 330 cm³/mol. The van der Waals surface area contributed by atoms with Gasteiger partial charge in [-0.2, -0.15) is 0 Å². The first kappa shape index (κ1) is 73.5. The van der Waals surface area contributed by atoms with Crippen LogP contribution >= 0.6 is 0 Å². The Morgan fingerprint density at radius 3 is 0.840 bits per heavy atom. The van der Waals surface area contributed by atoms with Crippen LogP contribution in [-0.4, -0.2) is 57.3 Å². The van der Waals surface area contributed by atoms with Crippen molar-refractivity contribution in [1.82, 2.24) is 5.32 Å². The van der Waals surface area contributed by atoms with Crippen LogP contribution in [0.5, 0.6) is 0 Å². The number of rotatable bonds is 63. The van der Waals surface area contributed by atoms with Crippen molar-refractivity contribution in [3.63, 3.8) is 0 Å². The summed E-state index contributed by atoms with van der Waals surface area (Å²) in [5.41, 5.74) is 0. The minimum atomic E-state index is -1.29. The van der Waals surface area contributed by atoms with Gasteiger partial charge in [0.1, 0.15) is 12.2 Å². The molecule has 0 fully saturated rings. The molecule has 5 N–H and O–H groups in total. The molecule has 0 bridgehead atoms. The van der Waals surface area contributed by atoms with Gasteiger partial charge in [-0.05, 0) is 77.0 Å². The number of amides is 1. The molecule has 75 heavy (non-hydrogen) atoms. The first-order chi connectivity index (χ1) is 37.0. The Labute approximate surface area is 468 Å². The quantitative estimate of drug-likeness (QED) is 0.0308. The zero-order chi connectivity index (χ0) is 54.4. The molecule has 1 amide bonds. The molecule has 0 spiro atoms. The van der Waals surface area contributed by atoms with Gasteiger partial charge in [0.05, 0.1) is 18.8 Å². The molecule has 0 heterocycles. The molecular formula is C69H133NO5. The fourth-order valence-electron chi connectivity index (χ4n) is 10.8. The van der Waals surface area contributed by atoms with Crippen molar-refractivity contribution in [2.24, 2.45) is 0 Å². The molecule has 6 heteroatoms. The first-order valence-electron chi connectivity index (χ1n) is 33.9. The second kappa shape index (κ2) is 63.4. The minimum Gasteiger partial charge on any atom is -0.394 e. The van der Waals surface area contributed by atoms with Crippen molar-refractivity contribution in [2.75, 3.05) is 6.61 Å². The number of carbonyl (C=O) groups is 1. The van der Waals surface area contributed by atoms with Gasteiger partial charge in [0.15, 0.2) is 0 Å². The highest BCUT2D eigenvalue weighted by Crippen LogP contribution is 2.19. The van der Waals surface area contributed by atoms with E-state index in [0.717, 1.165) is 38.5 Å². The third-order valence-corrected chi connectivity index (χ3v) is 16.1. The van der Waals surface area contributed by atoms with E-state index in [1.165, 1.54) is 295 Å². The summed E-state index contributed by atoms with van der Waals surface area (Å²) in [4.78, 5) is 12.6. The molecule has 0 rings (SSSR count). The molecule has 0 aliphatic rings. The lowest BCUT2D eigenvalue weighted by atomic mass is 10.00. The van der Waals surface area contributed by atoms with Crippen molar-refractivity contribution in [3.05, 3.63) is 36.5 Å². The number of carbonyl (C=O) groups excluding carboxylic acids is 1. The van der Waals surface area contributed by atoms with Gasteiger partial charge in [0, 0.05) is 0 Å². The fraction of sp³-hybridized carbons (Fsp3) is 0.899. The molecule has 4 unspecified atom stereocenters. The van der Waals surface area contributed by atoms with E-state index < -0.39 is 36.9 Å². The highest BCUT2D eigenvalue weighted by Gasteiger charge is 2.28. The monoisotopic (exact) mass is 1060 g/mol. The van der Waals surface area contributed by atoms with Crippen LogP contribution in [0.2, 0.25) is 0 Å². The Bertz CT molecular complexity index is 1190. The highest BCUT2D eigenvalue weighted by molar-refractivity contribution is 5.80. The smallest absolute Gasteiger partial charge is 0.249 e. The Kier molecular flexibility index (Phi) is 62.1. The van der Waals surface area contributed by atoms with Crippen LogP contribution in [0.1, 0.15) is 367 Å². The molecule has 0 radical (unpaired) electrons. The molecule has 0 aliphatic carbocycles. The third-order valence-electron chi connectivity index (χ3n) is 16.1. The number of aliphatic hydroxyl groups excluding tert-OH is 4. The Balaban J connectivity index is 3.61. The third kappa shape index (κ3) is 57.0. The number of hydrogen-bond donors (Lipinski definition) is 5. The zero-order valence-corrected chi connectivity index (χ0v) is 50.6. The number of hydrogen-bond acceptors (Lipinski definition) is 5. The molecular weight excluding hydrogens is 923 g/mol.